The fourth-order valence-electron chi connectivity index (χ4n) is 1.64. The summed E-state index contributed by atoms with van der Waals surface area (Å²) in [6.07, 6.45) is 3.22. The van der Waals surface area contributed by atoms with E-state index in [0.29, 0.717) is 13.0 Å². The lowest BCUT2D eigenvalue weighted by Crippen LogP contribution is -2.02. The molecule has 0 spiro atoms. The Morgan fingerprint density at radius 1 is 1.00 bits per heavy atom. The van der Waals surface area contributed by atoms with E-state index < -0.39 is 5.97 Å². The first-order chi connectivity index (χ1) is 10.9. The molecule has 0 amide bonds. The molecule has 122 valence electrons. The van der Waals surface area contributed by atoms with Gasteiger partial charge in [-0.2, -0.15) is 0 Å². The van der Waals surface area contributed by atoms with E-state index in [2.05, 4.69) is 0 Å². The van der Waals surface area contributed by atoms with Crippen LogP contribution < -0.4 is 5.73 Å². The first-order valence-corrected chi connectivity index (χ1v) is 6.83. The zero-order chi connectivity index (χ0) is 17.2. The van der Waals surface area contributed by atoms with Gasteiger partial charge in [0.05, 0.1) is 0 Å². The molecule has 0 aliphatic carbocycles. The average Bonchev–Trinajstić information content (AvgIpc) is 2.51. The molecule has 0 atom stereocenters. The molecule has 0 saturated heterocycles. The summed E-state index contributed by atoms with van der Waals surface area (Å²) in [7, 11) is 0. The maximum atomic E-state index is 10.1. The van der Waals surface area contributed by atoms with Crippen LogP contribution in [0.25, 0.3) is 6.08 Å². The van der Waals surface area contributed by atoms with Gasteiger partial charge in [0.15, 0.2) is 11.5 Å². The van der Waals surface area contributed by atoms with Crippen LogP contribution >= 0.6 is 0 Å². The van der Waals surface area contributed by atoms with E-state index in [4.69, 9.17) is 26.2 Å². The van der Waals surface area contributed by atoms with Crippen molar-refractivity contribution in [3.8, 4) is 17.2 Å². The van der Waals surface area contributed by atoms with Crippen LogP contribution in [0.1, 0.15) is 11.1 Å². The minimum atomic E-state index is -0.983. The summed E-state index contributed by atoms with van der Waals surface area (Å²) < 4.78 is 0. The molecule has 2 rings (SSSR count). The first-order valence-electron chi connectivity index (χ1n) is 6.83. The molecule has 0 heterocycles. The molecule has 2 aromatic carbocycles. The Morgan fingerprint density at radius 2 is 1.65 bits per heavy atom. The summed E-state index contributed by atoms with van der Waals surface area (Å²) in [6.45, 7) is 0.546. The Bertz CT molecular complexity index is 665. The molecule has 0 aromatic heterocycles. The van der Waals surface area contributed by atoms with E-state index in [9.17, 15) is 4.79 Å². The van der Waals surface area contributed by atoms with Gasteiger partial charge in [-0.05, 0) is 54.4 Å². The molecule has 0 saturated carbocycles. The lowest BCUT2D eigenvalue weighted by Gasteiger charge is -2.00. The molecule has 0 radical (unpaired) electrons. The Morgan fingerprint density at radius 3 is 2.17 bits per heavy atom. The summed E-state index contributed by atoms with van der Waals surface area (Å²) in [5, 5.41) is 35.2. The number of rotatable bonds is 4. The van der Waals surface area contributed by atoms with Gasteiger partial charge >= 0.3 is 5.97 Å². The van der Waals surface area contributed by atoms with Crippen molar-refractivity contribution < 1.29 is 25.2 Å². The summed E-state index contributed by atoms with van der Waals surface area (Å²) in [6, 6.07) is 11.0. The zero-order valence-electron chi connectivity index (χ0n) is 12.4. The van der Waals surface area contributed by atoms with Crippen molar-refractivity contribution in [2.75, 3.05) is 6.54 Å². The van der Waals surface area contributed by atoms with Crippen LogP contribution in [0.5, 0.6) is 17.2 Å². The number of nitrogens with two attached hydrogens (primary N) is 1. The molecular weight excluding hydrogens is 298 g/mol. The van der Waals surface area contributed by atoms with Crippen LogP contribution in [0, 0.1) is 0 Å². The summed E-state index contributed by atoms with van der Waals surface area (Å²) in [5.74, 6) is -0.993. The number of benzene rings is 2. The fraction of sp³-hybridized carbons (Fsp3) is 0.118. The van der Waals surface area contributed by atoms with Crippen LogP contribution in [0.4, 0.5) is 0 Å². The number of phenols is 3. The minimum absolute atomic E-state index is 0.0871. The van der Waals surface area contributed by atoms with E-state index in [1.165, 1.54) is 30.3 Å². The first kappa shape index (κ1) is 18.1. The third-order valence-corrected chi connectivity index (χ3v) is 2.78. The highest BCUT2D eigenvalue weighted by atomic mass is 16.4. The molecule has 0 unspecified atom stereocenters. The van der Waals surface area contributed by atoms with E-state index in [1.807, 2.05) is 0 Å². The van der Waals surface area contributed by atoms with Gasteiger partial charge in [-0.25, -0.2) is 4.79 Å². The van der Waals surface area contributed by atoms with Crippen molar-refractivity contribution >= 4 is 12.0 Å². The Hall–Kier alpha value is -2.99. The highest BCUT2D eigenvalue weighted by Gasteiger charge is 1.98. The predicted molar refractivity (Wildman–Crippen MR) is 87.3 cm³/mol. The minimum Gasteiger partial charge on any atom is -0.508 e. The molecule has 6 heteroatoms. The Kier molecular flexibility index (Phi) is 7.16. The van der Waals surface area contributed by atoms with Crippen molar-refractivity contribution in [3.63, 3.8) is 0 Å². The number of hydrogen-bond acceptors (Lipinski definition) is 5. The molecule has 0 bridgehead atoms. The second-order valence-corrected chi connectivity index (χ2v) is 4.62. The second kappa shape index (κ2) is 9.11. The third kappa shape index (κ3) is 7.01. The van der Waals surface area contributed by atoms with E-state index in [0.717, 1.165) is 17.2 Å². The third-order valence-electron chi connectivity index (χ3n) is 2.78. The van der Waals surface area contributed by atoms with Crippen molar-refractivity contribution in [1.29, 1.82) is 0 Å². The van der Waals surface area contributed by atoms with Crippen molar-refractivity contribution in [1.82, 2.24) is 0 Å². The molecular formula is C17H19NO5. The van der Waals surface area contributed by atoms with Crippen LogP contribution in [0.2, 0.25) is 0 Å². The summed E-state index contributed by atoms with van der Waals surface area (Å²) in [4.78, 5) is 10.1. The van der Waals surface area contributed by atoms with Crippen LogP contribution in [-0.2, 0) is 11.2 Å². The van der Waals surface area contributed by atoms with Crippen molar-refractivity contribution in [2.24, 2.45) is 5.73 Å². The molecule has 0 aliphatic heterocycles. The fourth-order valence-corrected chi connectivity index (χ4v) is 1.64. The molecule has 0 fully saturated rings. The number of carboxylic acid groups (broad SMARTS) is 1. The normalized spacial score (nSPS) is 10.1. The smallest absolute Gasteiger partial charge is 0.328 e. The highest BCUT2D eigenvalue weighted by molar-refractivity contribution is 5.85. The quantitative estimate of drug-likeness (QED) is 0.434. The van der Waals surface area contributed by atoms with Gasteiger partial charge in [-0.15, -0.1) is 0 Å². The average molecular weight is 317 g/mol. The standard InChI is InChI=1S/C9H8O3.C8H11NO2/c10-8-4-1-7(2-5-8)3-6-9(11)12;9-4-3-6-1-2-7(10)8(11)5-6/h1-6,10H,(H,11,12);1-2,5,10-11H,3-4,9H2/b6-3+;. The Labute approximate surface area is 133 Å². The molecule has 6 N–H and O–H groups in total. The lowest BCUT2D eigenvalue weighted by molar-refractivity contribution is -0.131. The Balaban J connectivity index is 0.000000231. The predicted octanol–water partition coefficient (Wildman–Crippen LogP) is 2.09. The number of aromatic hydroxyl groups is 3. The van der Waals surface area contributed by atoms with Crippen molar-refractivity contribution in [3.05, 3.63) is 59.7 Å². The summed E-state index contributed by atoms with van der Waals surface area (Å²) >= 11 is 0. The van der Waals surface area contributed by atoms with Gasteiger partial charge in [0, 0.05) is 6.08 Å². The maximum absolute atomic E-state index is 10.1. The van der Waals surface area contributed by atoms with Gasteiger partial charge in [-0.1, -0.05) is 18.2 Å². The number of aliphatic carboxylic acids is 1. The second-order valence-electron chi connectivity index (χ2n) is 4.62. The number of hydrogen-bond donors (Lipinski definition) is 5. The van der Waals surface area contributed by atoms with Gasteiger partial charge in [0.1, 0.15) is 5.75 Å². The van der Waals surface area contributed by atoms with Gasteiger partial charge in [0.2, 0.25) is 0 Å². The number of carboxylic acids is 1. The van der Waals surface area contributed by atoms with E-state index >= 15 is 0 Å². The summed E-state index contributed by atoms with van der Waals surface area (Å²) in [5.41, 5.74) is 6.98. The van der Waals surface area contributed by atoms with Crippen molar-refractivity contribution in [2.45, 2.75) is 6.42 Å². The molecule has 0 aliphatic rings. The SMILES string of the molecule is NCCc1ccc(O)c(O)c1.O=C(O)/C=C/c1ccc(O)cc1. The molecule has 2 aromatic rings. The molecule has 6 nitrogen and oxygen atoms in total. The van der Waals surface area contributed by atoms with Gasteiger partial charge in [0.25, 0.3) is 0 Å². The van der Waals surface area contributed by atoms with E-state index in [-0.39, 0.29) is 17.2 Å². The number of carbonyl (C=O) groups is 1. The van der Waals surface area contributed by atoms with Gasteiger partial charge in [-0.3, -0.25) is 0 Å². The lowest BCUT2D eigenvalue weighted by atomic mass is 10.1. The topological polar surface area (TPSA) is 124 Å². The van der Waals surface area contributed by atoms with Crippen LogP contribution in [0.3, 0.4) is 0 Å². The molecule has 23 heavy (non-hydrogen) atoms. The largest absolute Gasteiger partial charge is 0.508 e. The van der Waals surface area contributed by atoms with Crippen LogP contribution in [0.15, 0.2) is 48.5 Å². The van der Waals surface area contributed by atoms with Gasteiger partial charge < -0.3 is 26.2 Å². The van der Waals surface area contributed by atoms with Crippen LogP contribution in [-0.4, -0.2) is 32.9 Å². The number of phenolic OH excluding ortho intramolecular Hbond substituents is 3. The van der Waals surface area contributed by atoms with E-state index in [1.54, 1.807) is 18.2 Å². The maximum Gasteiger partial charge on any atom is 0.328 e. The zero-order valence-corrected chi connectivity index (χ0v) is 12.4. The highest BCUT2D eigenvalue weighted by Crippen LogP contribution is 2.24. The monoisotopic (exact) mass is 317 g/mol.